The van der Waals surface area contributed by atoms with E-state index in [-0.39, 0.29) is 6.04 Å². The molecular weight excluding hydrogens is 198 g/mol. The van der Waals surface area contributed by atoms with Gasteiger partial charge in [0.25, 0.3) is 0 Å². The summed E-state index contributed by atoms with van der Waals surface area (Å²) in [7, 11) is 0. The zero-order chi connectivity index (χ0) is 11.6. The molecule has 0 aromatic heterocycles. The maximum Gasteiger partial charge on any atom is 0.235 e. The van der Waals surface area contributed by atoms with Crippen molar-refractivity contribution in [2.24, 2.45) is 4.99 Å². The smallest absolute Gasteiger partial charge is 0.211 e. The summed E-state index contributed by atoms with van der Waals surface area (Å²) in [6.45, 7) is 2.16. The lowest BCUT2D eigenvalue weighted by atomic mass is 10.1. The Labute approximate surface area is 96.7 Å². The highest BCUT2D eigenvalue weighted by Crippen LogP contribution is 2.18. The number of aliphatic imine (C=N–C) groups is 1. The number of carbonyl (C=O) groups excluding carboxylic acids is 1. The first kappa shape index (κ1) is 12.4. The van der Waals surface area contributed by atoms with E-state index in [9.17, 15) is 4.79 Å². The standard InChI is InChI=1S/C14H17NO/c1-2-3-4-8-11-14(15-12-16)13-9-6-5-7-10-13/h5-11,14H,2-4H2,1H3. The first-order valence-electron chi connectivity index (χ1n) is 5.67. The highest BCUT2D eigenvalue weighted by atomic mass is 16.1. The highest BCUT2D eigenvalue weighted by molar-refractivity contribution is 5.37. The molecule has 1 rings (SSSR count). The van der Waals surface area contributed by atoms with E-state index in [0.717, 1.165) is 12.0 Å². The molecule has 1 aromatic rings. The third-order valence-corrected chi connectivity index (χ3v) is 2.38. The summed E-state index contributed by atoms with van der Waals surface area (Å²) < 4.78 is 0. The van der Waals surface area contributed by atoms with Crippen molar-refractivity contribution < 1.29 is 4.79 Å². The van der Waals surface area contributed by atoms with E-state index >= 15 is 0 Å². The number of rotatable bonds is 6. The van der Waals surface area contributed by atoms with Crippen molar-refractivity contribution in [2.75, 3.05) is 0 Å². The number of allylic oxidation sites excluding steroid dienone is 1. The van der Waals surface area contributed by atoms with Gasteiger partial charge < -0.3 is 0 Å². The fourth-order valence-corrected chi connectivity index (χ4v) is 1.48. The summed E-state index contributed by atoms with van der Waals surface area (Å²) in [6, 6.07) is 9.60. The molecule has 1 atom stereocenters. The fraction of sp³-hybridized carbons (Fsp3) is 0.357. The zero-order valence-corrected chi connectivity index (χ0v) is 9.60. The van der Waals surface area contributed by atoms with Crippen molar-refractivity contribution in [3.05, 3.63) is 48.0 Å². The second-order valence-corrected chi connectivity index (χ2v) is 3.65. The van der Waals surface area contributed by atoms with Crippen LogP contribution in [0.4, 0.5) is 0 Å². The zero-order valence-electron chi connectivity index (χ0n) is 9.60. The summed E-state index contributed by atoms with van der Waals surface area (Å²) >= 11 is 0. The Morgan fingerprint density at radius 2 is 2.12 bits per heavy atom. The van der Waals surface area contributed by atoms with Gasteiger partial charge in [-0.1, -0.05) is 62.2 Å². The number of nitrogens with zero attached hydrogens (tertiary/aromatic N) is 1. The van der Waals surface area contributed by atoms with Crippen LogP contribution in [0, 0.1) is 0 Å². The molecule has 1 aromatic carbocycles. The van der Waals surface area contributed by atoms with Crippen LogP contribution in [0.1, 0.15) is 37.8 Å². The summed E-state index contributed by atoms with van der Waals surface area (Å²) in [5, 5.41) is 0. The first-order valence-corrected chi connectivity index (χ1v) is 5.67. The molecule has 0 saturated heterocycles. The minimum absolute atomic E-state index is 0.185. The summed E-state index contributed by atoms with van der Waals surface area (Å²) in [5.41, 5.74) is 1.03. The summed E-state index contributed by atoms with van der Waals surface area (Å²) in [5.74, 6) is 0. The van der Waals surface area contributed by atoms with Crippen molar-refractivity contribution in [3.63, 3.8) is 0 Å². The van der Waals surface area contributed by atoms with E-state index in [1.54, 1.807) is 6.08 Å². The van der Waals surface area contributed by atoms with Crippen LogP contribution < -0.4 is 0 Å². The Bertz CT molecular complexity index is 364. The van der Waals surface area contributed by atoms with E-state index < -0.39 is 0 Å². The van der Waals surface area contributed by atoms with Gasteiger partial charge in [0.05, 0.1) is 0 Å². The molecule has 0 spiro atoms. The molecule has 0 fully saturated rings. The Morgan fingerprint density at radius 1 is 1.38 bits per heavy atom. The number of benzene rings is 1. The largest absolute Gasteiger partial charge is 0.235 e. The lowest BCUT2D eigenvalue weighted by molar-refractivity contribution is 0.561. The summed E-state index contributed by atoms with van der Waals surface area (Å²) in [4.78, 5) is 14.2. The topological polar surface area (TPSA) is 29.4 Å². The molecule has 0 heterocycles. The molecule has 0 saturated carbocycles. The van der Waals surface area contributed by atoms with Gasteiger partial charge in [-0.15, -0.1) is 0 Å². The molecule has 2 nitrogen and oxygen atoms in total. The number of isocyanates is 1. The molecule has 0 aliphatic rings. The molecule has 0 aliphatic carbocycles. The Kier molecular flexibility index (Phi) is 5.90. The Balaban J connectivity index is 2.68. The van der Waals surface area contributed by atoms with Gasteiger partial charge in [-0.2, -0.15) is 4.99 Å². The van der Waals surface area contributed by atoms with Crippen molar-refractivity contribution in [1.29, 1.82) is 0 Å². The van der Waals surface area contributed by atoms with Crippen LogP contribution in [-0.4, -0.2) is 6.08 Å². The van der Waals surface area contributed by atoms with Crippen LogP contribution in [0.25, 0.3) is 0 Å². The molecule has 0 N–H and O–H groups in total. The Hall–Kier alpha value is -1.66. The van der Waals surface area contributed by atoms with E-state index in [2.05, 4.69) is 18.0 Å². The lowest BCUT2D eigenvalue weighted by Crippen LogP contribution is -1.90. The molecule has 2 heteroatoms. The van der Waals surface area contributed by atoms with Gasteiger partial charge in [0.2, 0.25) is 6.08 Å². The second kappa shape index (κ2) is 7.61. The van der Waals surface area contributed by atoms with Crippen molar-refractivity contribution in [3.8, 4) is 0 Å². The van der Waals surface area contributed by atoms with Gasteiger partial charge in [-0.05, 0) is 12.0 Å². The summed E-state index contributed by atoms with van der Waals surface area (Å²) in [6.07, 6.45) is 9.07. The predicted octanol–water partition coefficient (Wildman–Crippen LogP) is 3.81. The quantitative estimate of drug-likeness (QED) is 0.307. The molecule has 84 valence electrons. The average Bonchev–Trinajstić information content (AvgIpc) is 2.34. The van der Waals surface area contributed by atoms with Crippen LogP contribution in [0.3, 0.4) is 0 Å². The van der Waals surface area contributed by atoms with E-state index in [0.29, 0.717) is 0 Å². The van der Waals surface area contributed by atoms with Gasteiger partial charge in [0, 0.05) is 0 Å². The van der Waals surface area contributed by atoms with Crippen LogP contribution in [0.2, 0.25) is 0 Å². The first-order chi connectivity index (χ1) is 7.88. The average molecular weight is 215 g/mol. The molecular formula is C14H17NO. The van der Waals surface area contributed by atoms with Crippen molar-refractivity contribution in [2.45, 2.75) is 32.2 Å². The van der Waals surface area contributed by atoms with Crippen molar-refractivity contribution >= 4 is 6.08 Å². The van der Waals surface area contributed by atoms with E-state index in [4.69, 9.17) is 0 Å². The molecule has 0 bridgehead atoms. The van der Waals surface area contributed by atoms with E-state index in [1.165, 1.54) is 12.8 Å². The van der Waals surface area contributed by atoms with E-state index in [1.807, 2.05) is 36.4 Å². The van der Waals surface area contributed by atoms with Crippen LogP contribution >= 0.6 is 0 Å². The normalized spacial score (nSPS) is 12.3. The third kappa shape index (κ3) is 4.24. The monoisotopic (exact) mass is 215 g/mol. The fourth-order valence-electron chi connectivity index (χ4n) is 1.48. The van der Waals surface area contributed by atoms with Crippen LogP contribution in [0.15, 0.2) is 47.5 Å². The van der Waals surface area contributed by atoms with Gasteiger partial charge in [0.15, 0.2) is 0 Å². The number of hydrogen-bond acceptors (Lipinski definition) is 2. The molecule has 16 heavy (non-hydrogen) atoms. The molecule has 0 amide bonds. The van der Waals surface area contributed by atoms with Crippen molar-refractivity contribution in [1.82, 2.24) is 0 Å². The minimum atomic E-state index is -0.185. The highest BCUT2D eigenvalue weighted by Gasteiger charge is 2.03. The lowest BCUT2D eigenvalue weighted by Gasteiger charge is -2.05. The second-order valence-electron chi connectivity index (χ2n) is 3.65. The van der Waals surface area contributed by atoms with Crippen LogP contribution in [-0.2, 0) is 4.79 Å². The number of hydrogen-bond donors (Lipinski definition) is 0. The minimum Gasteiger partial charge on any atom is -0.211 e. The number of unbranched alkanes of at least 4 members (excludes halogenated alkanes) is 2. The van der Waals surface area contributed by atoms with Crippen LogP contribution in [0.5, 0.6) is 0 Å². The van der Waals surface area contributed by atoms with Gasteiger partial charge >= 0.3 is 0 Å². The molecule has 0 radical (unpaired) electrons. The molecule has 1 unspecified atom stereocenters. The van der Waals surface area contributed by atoms with Gasteiger partial charge in [0.1, 0.15) is 6.04 Å². The maximum atomic E-state index is 10.4. The molecule has 0 aliphatic heterocycles. The van der Waals surface area contributed by atoms with Gasteiger partial charge in [-0.25, -0.2) is 4.79 Å². The predicted molar refractivity (Wildman–Crippen MR) is 66.0 cm³/mol. The third-order valence-electron chi connectivity index (χ3n) is 2.38. The maximum absolute atomic E-state index is 10.4. The van der Waals surface area contributed by atoms with Gasteiger partial charge in [-0.3, -0.25) is 0 Å². The SMILES string of the molecule is CCCCC=CC(N=C=O)c1ccccc1. The Morgan fingerprint density at radius 3 is 2.75 bits per heavy atom.